The van der Waals surface area contributed by atoms with Crippen LogP contribution in [0.4, 0.5) is 0 Å². The fraction of sp³-hybridized carbons (Fsp3) is 0.273. The van der Waals surface area contributed by atoms with E-state index >= 15 is 0 Å². The number of carbonyl (C=O) groups excluding carboxylic acids is 4. The summed E-state index contributed by atoms with van der Waals surface area (Å²) in [4.78, 5) is 53.6. The molecule has 0 saturated carbocycles. The Morgan fingerprint density at radius 1 is 0.897 bits per heavy atom. The predicted molar refractivity (Wildman–Crippen MR) is 105 cm³/mol. The molecule has 2 heterocycles. The summed E-state index contributed by atoms with van der Waals surface area (Å²) in [6.45, 7) is 2.18. The van der Waals surface area contributed by atoms with Crippen LogP contribution in [0.3, 0.4) is 0 Å². The molecule has 1 saturated heterocycles. The molecule has 4 amide bonds. The lowest BCUT2D eigenvalue weighted by Crippen LogP contribution is -2.48. The van der Waals surface area contributed by atoms with Crippen LogP contribution in [0.15, 0.2) is 48.5 Å². The Bertz CT molecular complexity index is 965. The van der Waals surface area contributed by atoms with E-state index in [0.717, 1.165) is 12.0 Å². The molecular formula is C22H21N3O4. The molecule has 0 bridgehead atoms. The van der Waals surface area contributed by atoms with Crippen LogP contribution in [0.2, 0.25) is 0 Å². The van der Waals surface area contributed by atoms with Crippen molar-refractivity contribution in [1.29, 1.82) is 0 Å². The second-order valence-electron chi connectivity index (χ2n) is 7.19. The van der Waals surface area contributed by atoms with E-state index in [1.807, 2.05) is 30.3 Å². The van der Waals surface area contributed by atoms with Crippen LogP contribution in [-0.2, 0) is 11.2 Å². The summed E-state index contributed by atoms with van der Waals surface area (Å²) in [5.41, 5.74) is 2.05. The van der Waals surface area contributed by atoms with Gasteiger partial charge in [-0.1, -0.05) is 30.3 Å². The van der Waals surface area contributed by atoms with Crippen molar-refractivity contribution in [2.45, 2.75) is 6.42 Å². The second kappa shape index (κ2) is 7.87. The zero-order valence-corrected chi connectivity index (χ0v) is 15.9. The summed E-state index contributed by atoms with van der Waals surface area (Å²) >= 11 is 0. The third kappa shape index (κ3) is 3.63. The van der Waals surface area contributed by atoms with Gasteiger partial charge in [-0.15, -0.1) is 0 Å². The molecule has 148 valence electrons. The number of piperazine rings is 1. The molecule has 0 unspecified atom stereocenters. The van der Waals surface area contributed by atoms with Crippen LogP contribution < -0.4 is 0 Å². The fourth-order valence-corrected chi connectivity index (χ4v) is 3.73. The molecule has 0 spiro atoms. The maximum absolute atomic E-state index is 12.8. The summed E-state index contributed by atoms with van der Waals surface area (Å²) in [5.74, 6) is -0.873. The number of nitrogens with zero attached hydrogens (tertiary/aromatic N) is 3. The summed E-state index contributed by atoms with van der Waals surface area (Å²) < 4.78 is 0. The summed E-state index contributed by atoms with van der Waals surface area (Å²) in [5, 5.41) is 0. The Hall–Kier alpha value is -3.48. The molecule has 29 heavy (non-hydrogen) atoms. The smallest absolute Gasteiger partial charge is 0.261 e. The molecule has 7 heteroatoms. The van der Waals surface area contributed by atoms with Gasteiger partial charge in [-0.2, -0.15) is 0 Å². The minimum atomic E-state index is -0.360. The molecule has 2 aliphatic heterocycles. The minimum absolute atomic E-state index is 0.193. The number of carbonyl (C=O) groups is 4. The molecule has 4 rings (SSSR count). The Morgan fingerprint density at radius 3 is 2.28 bits per heavy atom. The van der Waals surface area contributed by atoms with Gasteiger partial charge in [-0.3, -0.25) is 24.1 Å². The van der Waals surface area contributed by atoms with Crippen molar-refractivity contribution < 1.29 is 19.2 Å². The number of fused-ring (bicyclic) bond motifs is 1. The highest BCUT2D eigenvalue weighted by Crippen LogP contribution is 2.25. The Kier molecular flexibility index (Phi) is 5.12. The molecule has 0 aromatic heterocycles. The number of hydrogen-bond donors (Lipinski definition) is 0. The average molecular weight is 391 g/mol. The summed E-state index contributed by atoms with van der Waals surface area (Å²) in [6, 6.07) is 14.4. The maximum Gasteiger partial charge on any atom is 0.261 e. The zero-order chi connectivity index (χ0) is 20.4. The standard InChI is InChI=1S/C22H21N3O4/c26-15-23-10-12-24(13-11-23)20(27)17-6-7-18-19(14-17)22(29)25(21(18)28)9-8-16-4-2-1-3-5-16/h1-7,14-15H,8-13H2. The Balaban J connectivity index is 1.48. The van der Waals surface area contributed by atoms with E-state index in [2.05, 4.69) is 0 Å². The lowest BCUT2D eigenvalue weighted by atomic mass is 10.0. The van der Waals surface area contributed by atoms with E-state index in [1.165, 1.54) is 11.0 Å². The van der Waals surface area contributed by atoms with E-state index < -0.39 is 0 Å². The van der Waals surface area contributed by atoms with Gasteiger partial charge in [0.25, 0.3) is 17.7 Å². The fourth-order valence-electron chi connectivity index (χ4n) is 3.73. The zero-order valence-electron chi connectivity index (χ0n) is 15.9. The Morgan fingerprint density at radius 2 is 1.59 bits per heavy atom. The Labute approximate surface area is 168 Å². The molecule has 2 aliphatic rings. The first-order chi connectivity index (χ1) is 14.1. The van der Waals surface area contributed by atoms with Crippen molar-refractivity contribution in [3.05, 3.63) is 70.8 Å². The van der Waals surface area contributed by atoms with Crippen molar-refractivity contribution in [2.75, 3.05) is 32.7 Å². The molecule has 0 atom stereocenters. The minimum Gasteiger partial charge on any atom is -0.342 e. The van der Waals surface area contributed by atoms with Gasteiger partial charge in [-0.25, -0.2) is 0 Å². The SMILES string of the molecule is O=CN1CCN(C(=O)c2ccc3c(c2)C(=O)N(CCc2ccccc2)C3=O)CC1. The van der Waals surface area contributed by atoms with E-state index in [1.54, 1.807) is 21.9 Å². The van der Waals surface area contributed by atoms with Crippen LogP contribution in [0, 0.1) is 0 Å². The average Bonchev–Trinajstić information content (AvgIpc) is 3.01. The second-order valence-corrected chi connectivity index (χ2v) is 7.19. The highest BCUT2D eigenvalue weighted by molar-refractivity contribution is 6.22. The van der Waals surface area contributed by atoms with Crippen LogP contribution >= 0.6 is 0 Å². The molecule has 0 N–H and O–H groups in total. The highest BCUT2D eigenvalue weighted by Gasteiger charge is 2.36. The molecular weight excluding hydrogens is 370 g/mol. The summed E-state index contributed by atoms with van der Waals surface area (Å²) in [7, 11) is 0. The van der Waals surface area contributed by atoms with Gasteiger partial charge in [0.1, 0.15) is 0 Å². The molecule has 2 aromatic carbocycles. The third-order valence-corrected chi connectivity index (χ3v) is 5.44. The number of hydrogen-bond acceptors (Lipinski definition) is 4. The van der Waals surface area contributed by atoms with Crippen molar-refractivity contribution in [1.82, 2.24) is 14.7 Å². The number of amides is 4. The van der Waals surface area contributed by atoms with Crippen molar-refractivity contribution in [2.24, 2.45) is 0 Å². The van der Waals surface area contributed by atoms with Gasteiger partial charge in [0.2, 0.25) is 6.41 Å². The predicted octanol–water partition coefficient (Wildman–Crippen LogP) is 1.44. The number of imide groups is 1. The van der Waals surface area contributed by atoms with Gasteiger partial charge < -0.3 is 9.80 Å². The lowest BCUT2D eigenvalue weighted by molar-refractivity contribution is -0.119. The van der Waals surface area contributed by atoms with E-state index in [-0.39, 0.29) is 23.3 Å². The van der Waals surface area contributed by atoms with Crippen LogP contribution in [0.1, 0.15) is 36.6 Å². The molecule has 2 aromatic rings. The van der Waals surface area contributed by atoms with Crippen molar-refractivity contribution in [3.8, 4) is 0 Å². The lowest BCUT2D eigenvalue weighted by Gasteiger charge is -2.32. The van der Waals surface area contributed by atoms with Gasteiger partial charge in [0.05, 0.1) is 11.1 Å². The first kappa shape index (κ1) is 18.9. The first-order valence-electron chi connectivity index (χ1n) is 9.61. The highest BCUT2D eigenvalue weighted by atomic mass is 16.2. The van der Waals surface area contributed by atoms with Crippen molar-refractivity contribution in [3.63, 3.8) is 0 Å². The normalized spacial score (nSPS) is 16.2. The first-order valence-corrected chi connectivity index (χ1v) is 9.61. The summed E-state index contributed by atoms with van der Waals surface area (Å²) in [6.07, 6.45) is 1.37. The third-order valence-electron chi connectivity index (χ3n) is 5.44. The van der Waals surface area contributed by atoms with E-state index in [4.69, 9.17) is 0 Å². The van der Waals surface area contributed by atoms with Gasteiger partial charge in [-0.05, 0) is 30.2 Å². The van der Waals surface area contributed by atoms with Crippen molar-refractivity contribution >= 4 is 24.1 Å². The molecule has 0 radical (unpaired) electrons. The quantitative estimate of drug-likeness (QED) is 0.571. The van der Waals surface area contributed by atoms with Crippen LogP contribution in [0.25, 0.3) is 0 Å². The molecule has 1 fully saturated rings. The molecule has 7 nitrogen and oxygen atoms in total. The largest absolute Gasteiger partial charge is 0.342 e. The molecule has 0 aliphatic carbocycles. The number of benzene rings is 2. The number of rotatable bonds is 5. The van der Waals surface area contributed by atoms with E-state index in [0.29, 0.717) is 50.3 Å². The van der Waals surface area contributed by atoms with Gasteiger partial charge in [0, 0.05) is 38.3 Å². The van der Waals surface area contributed by atoms with Gasteiger partial charge in [0.15, 0.2) is 0 Å². The van der Waals surface area contributed by atoms with Gasteiger partial charge >= 0.3 is 0 Å². The van der Waals surface area contributed by atoms with Crippen LogP contribution in [0.5, 0.6) is 0 Å². The monoisotopic (exact) mass is 391 g/mol. The van der Waals surface area contributed by atoms with E-state index in [9.17, 15) is 19.2 Å². The topological polar surface area (TPSA) is 78.0 Å². The van der Waals surface area contributed by atoms with Crippen LogP contribution in [-0.4, -0.2) is 71.6 Å². The maximum atomic E-state index is 12.8.